The fourth-order valence-corrected chi connectivity index (χ4v) is 2.18. The molecule has 1 heterocycles. The molecule has 1 aliphatic rings. The van der Waals surface area contributed by atoms with Gasteiger partial charge in [-0.15, -0.1) is 0 Å². The van der Waals surface area contributed by atoms with Gasteiger partial charge in [0, 0.05) is 5.75 Å². The first-order valence-corrected chi connectivity index (χ1v) is 6.63. The summed E-state index contributed by atoms with van der Waals surface area (Å²) in [5.74, 6) is -0.830. The van der Waals surface area contributed by atoms with Crippen molar-refractivity contribution in [2.24, 2.45) is 15.2 Å². The number of hydrogen-bond donors (Lipinski definition) is 2. The van der Waals surface area contributed by atoms with Gasteiger partial charge in [-0.3, -0.25) is 5.43 Å². The molecule has 1 aromatic rings. The van der Waals surface area contributed by atoms with Gasteiger partial charge < -0.3 is 9.94 Å². The average Bonchev–Trinajstić information content (AvgIpc) is 2.47. The minimum atomic E-state index is -1.18. The molecule has 8 heteroatoms. The van der Waals surface area contributed by atoms with E-state index in [1.54, 1.807) is 0 Å². The van der Waals surface area contributed by atoms with Gasteiger partial charge in [-0.2, -0.15) is 5.10 Å². The van der Waals surface area contributed by atoms with E-state index in [0.29, 0.717) is 16.6 Å². The van der Waals surface area contributed by atoms with E-state index >= 15 is 0 Å². The van der Waals surface area contributed by atoms with E-state index in [4.69, 9.17) is 5.11 Å². The number of rotatable bonds is 4. The molecular formula is C12H12N4O3S. The molecule has 20 heavy (non-hydrogen) atoms. The fraction of sp³-hybridized carbons (Fsp3) is 0.167. The lowest BCUT2D eigenvalue weighted by Crippen LogP contribution is -2.33. The minimum Gasteiger partial charge on any atom is -0.476 e. The minimum absolute atomic E-state index is 0.216. The smallest absolute Gasteiger partial charge is 0.359 e. The lowest BCUT2D eigenvalue weighted by atomic mass is 10.2. The summed E-state index contributed by atoms with van der Waals surface area (Å²) >= 11 is 1.35. The summed E-state index contributed by atoms with van der Waals surface area (Å²) in [6.07, 6.45) is 0. The van der Waals surface area contributed by atoms with Crippen molar-refractivity contribution in [2.45, 2.75) is 0 Å². The van der Waals surface area contributed by atoms with Crippen molar-refractivity contribution in [1.29, 1.82) is 0 Å². The largest absolute Gasteiger partial charge is 0.476 e. The van der Waals surface area contributed by atoms with Crippen LogP contribution >= 0.6 is 11.8 Å². The van der Waals surface area contributed by atoms with E-state index in [1.165, 1.54) is 18.9 Å². The molecule has 7 nitrogen and oxygen atoms in total. The average molecular weight is 292 g/mol. The van der Waals surface area contributed by atoms with Crippen molar-refractivity contribution in [3.63, 3.8) is 0 Å². The summed E-state index contributed by atoms with van der Waals surface area (Å²) in [4.78, 5) is 19.8. The molecule has 0 unspecified atom stereocenters. The van der Waals surface area contributed by atoms with Crippen molar-refractivity contribution >= 4 is 40.0 Å². The molecule has 0 atom stereocenters. The number of carboxylic acid groups (broad SMARTS) is 1. The lowest BCUT2D eigenvalue weighted by molar-refractivity contribution is -0.129. The number of nitrogens with zero attached hydrogens (tertiary/aromatic N) is 3. The molecule has 0 amide bonds. The molecular weight excluding hydrogens is 280 g/mol. The normalized spacial score (nSPS) is 17.4. The summed E-state index contributed by atoms with van der Waals surface area (Å²) < 4.78 is 0. The van der Waals surface area contributed by atoms with Gasteiger partial charge in [0.1, 0.15) is 12.8 Å². The van der Waals surface area contributed by atoms with Crippen molar-refractivity contribution in [3.05, 3.63) is 30.3 Å². The van der Waals surface area contributed by atoms with E-state index in [2.05, 4.69) is 25.5 Å². The third kappa shape index (κ3) is 3.58. The number of hydrogen-bond acceptors (Lipinski definition) is 6. The highest BCUT2D eigenvalue weighted by Gasteiger charge is 2.22. The number of aliphatic imine (C=N–C) groups is 1. The van der Waals surface area contributed by atoms with E-state index in [0.717, 1.165) is 5.69 Å². The zero-order valence-electron chi connectivity index (χ0n) is 10.6. The van der Waals surface area contributed by atoms with Crippen molar-refractivity contribution in [1.82, 2.24) is 5.43 Å². The van der Waals surface area contributed by atoms with Crippen LogP contribution in [0.4, 0.5) is 5.69 Å². The standard InChI is InChI=1S/C12H12N4O3S/c1-19-16-10(11(17)18)9-7-20-12(15-14-9)13-8-5-3-2-4-6-8/h2-6H,7H2,1H3,(H,13,15)(H,17,18)/b16-10+. The number of thioether (sulfide) groups is 1. The Kier molecular flexibility index (Phi) is 4.72. The molecule has 104 valence electrons. The first-order valence-electron chi connectivity index (χ1n) is 5.64. The van der Waals surface area contributed by atoms with Gasteiger partial charge in [-0.1, -0.05) is 35.1 Å². The van der Waals surface area contributed by atoms with Gasteiger partial charge in [-0.25, -0.2) is 9.79 Å². The molecule has 0 spiro atoms. The van der Waals surface area contributed by atoms with E-state index in [9.17, 15) is 4.79 Å². The third-order valence-electron chi connectivity index (χ3n) is 2.28. The number of para-hydroxylation sites is 1. The number of hydrazone groups is 1. The molecule has 0 radical (unpaired) electrons. The molecule has 2 rings (SSSR count). The van der Waals surface area contributed by atoms with Crippen LogP contribution in [-0.2, 0) is 9.63 Å². The first-order chi connectivity index (χ1) is 9.70. The van der Waals surface area contributed by atoms with E-state index < -0.39 is 5.97 Å². The SMILES string of the molecule is CO/N=C(/C(=O)O)C1=NNC(=Nc2ccccc2)SC1. The number of benzene rings is 1. The van der Waals surface area contributed by atoms with Crippen LogP contribution in [-0.4, -0.2) is 40.5 Å². The highest BCUT2D eigenvalue weighted by atomic mass is 32.2. The Labute approximate surface area is 119 Å². The van der Waals surface area contributed by atoms with Gasteiger partial charge in [0.05, 0.1) is 5.69 Å². The fourth-order valence-electron chi connectivity index (χ4n) is 1.42. The van der Waals surface area contributed by atoms with Crippen LogP contribution in [0.2, 0.25) is 0 Å². The summed E-state index contributed by atoms with van der Waals surface area (Å²) in [7, 11) is 1.29. The molecule has 0 aliphatic carbocycles. The number of carbonyl (C=O) groups is 1. The van der Waals surface area contributed by atoms with Gasteiger partial charge in [-0.05, 0) is 12.1 Å². The predicted octanol–water partition coefficient (Wildman–Crippen LogP) is 1.45. The molecule has 1 aromatic carbocycles. The number of nitrogens with one attached hydrogen (secondary N) is 1. The monoisotopic (exact) mass is 292 g/mol. The molecule has 0 aromatic heterocycles. The van der Waals surface area contributed by atoms with Gasteiger partial charge in [0.25, 0.3) is 0 Å². The molecule has 0 saturated heterocycles. The maximum Gasteiger partial charge on any atom is 0.359 e. The Morgan fingerprint density at radius 2 is 2.20 bits per heavy atom. The highest BCUT2D eigenvalue weighted by molar-refractivity contribution is 8.14. The summed E-state index contributed by atoms with van der Waals surface area (Å²) in [6, 6.07) is 9.40. The second-order valence-corrected chi connectivity index (χ2v) is 4.60. The zero-order valence-corrected chi connectivity index (χ0v) is 11.4. The Hall–Kier alpha value is -2.35. The van der Waals surface area contributed by atoms with Crippen LogP contribution in [0.5, 0.6) is 0 Å². The van der Waals surface area contributed by atoms with Crippen LogP contribution in [0.1, 0.15) is 0 Å². The summed E-state index contributed by atoms with van der Waals surface area (Å²) in [5.41, 5.74) is 3.59. The van der Waals surface area contributed by atoms with Crippen LogP contribution in [0.15, 0.2) is 45.6 Å². The highest BCUT2D eigenvalue weighted by Crippen LogP contribution is 2.16. The molecule has 0 saturated carbocycles. The second kappa shape index (κ2) is 6.71. The van der Waals surface area contributed by atoms with Gasteiger partial charge in [0.15, 0.2) is 5.17 Å². The molecule has 0 bridgehead atoms. The molecule has 0 fully saturated rings. The lowest BCUT2D eigenvalue weighted by Gasteiger charge is -2.13. The Morgan fingerprint density at radius 1 is 1.45 bits per heavy atom. The summed E-state index contributed by atoms with van der Waals surface area (Å²) in [5, 5.41) is 17.0. The number of amidine groups is 1. The predicted molar refractivity (Wildman–Crippen MR) is 78.6 cm³/mol. The first kappa shape index (κ1) is 14.1. The Balaban J connectivity index is 2.12. The second-order valence-electron chi connectivity index (χ2n) is 3.64. The van der Waals surface area contributed by atoms with Gasteiger partial charge >= 0.3 is 5.97 Å². The number of carboxylic acids is 1. The molecule has 1 aliphatic heterocycles. The third-order valence-corrected chi connectivity index (χ3v) is 3.15. The maximum atomic E-state index is 11.0. The van der Waals surface area contributed by atoms with E-state index in [1.807, 2.05) is 30.3 Å². The number of aliphatic carboxylic acids is 1. The van der Waals surface area contributed by atoms with Crippen LogP contribution in [0.25, 0.3) is 0 Å². The topological polar surface area (TPSA) is 95.6 Å². The Bertz CT molecular complexity index is 584. The number of oxime groups is 1. The quantitative estimate of drug-likeness (QED) is 0.647. The van der Waals surface area contributed by atoms with Crippen molar-refractivity contribution in [2.75, 3.05) is 12.9 Å². The van der Waals surface area contributed by atoms with Crippen LogP contribution < -0.4 is 5.43 Å². The maximum absolute atomic E-state index is 11.0. The van der Waals surface area contributed by atoms with Crippen LogP contribution in [0.3, 0.4) is 0 Å². The van der Waals surface area contributed by atoms with Gasteiger partial charge in [0.2, 0.25) is 5.71 Å². The van der Waals surface area contributed by atoms with Crippen LogP contribution in [0, 0.1) is 0 Å². The van der Waals surface area contributed by atoms with E-state index in [-0.39, 0.29) is 5.71 Å². The Morgan fingerprint density at radius 3 is 2.75 bits per heavy atom. The summed E-state index contributed by atoms with van der Waals surface area (Å²) in [6.45, 7) is 0. The van der Waals surface area contributed by atoms with Crippen molar-refractivity contribution < 1.29 is 14.7 Å². The zero-order chi connectivity index (χ0) is 14.4. The molecule has 2 N–H and O–H groups in total. The van der Waals surface area contributed by atoms with Crippen molar-refractivity contribution in [3.8, 4) is 0 Å².